The number of hydrogen-bond acceptors (Lipinski definition) is 2. The molecule has 0 amide bonds. The van der Waals surface area contributed by atoms with E-state index in [-0.39, 0.29) is 0 Å². The van der Waals surface area contributed by atoms with Crippen LogP contribution < -0.4 is 0 Å². The fraction of sp³-hybridized carbons (Fsp3) is 0.625. The third-order valence-corrected chi connectivity index (χ3v) is 1.98. The van der Waals surface area contributed by atoms with Gasteiger partial charge in [0.2, 0.25) is 0 Å². The summed E-state index contributed by atoms with van der Waals surface area (Å²) in [5.41, 5.74) is 1.19. The highest BCUT2D eigenvalue weighted by Crippen LogP contribution is 2.22. The van der Waals surface area contributed by atoms with Gasteiger partial charge in [0.15, 0.2) is 0 Å². The maximum atomic E-state index is 4.74. The summed E-state index contributed by atoms with van der Waals surface area (Å²) < 4.78 is 4.74. The van der Waals surface area contributed by atoms with Gasteiger partial charge in [-0.15, -0.1) is 0 Å². The van der Waals surface area contributed by atoms with E-state index in [4.69, 9.17) is 4.52 Å². The van der Waals surface area contributed by atoms with Crippen molar-refractivity contribution >= 4 is 0 Å². The Balaban J connectivity index is 2.68. The summed E-state index contributed by atoms with van der Waals surface area (Å²) in [7, 11) is 0. The number of rotatable bonds is 2. The van der Waals surface area contributed by atoms with E-state index in [0.29, 0.717) is 11.8 Å². The van der Waals surface area contributed by atoms with E-state index < -0.39 is 0 Å². The summed E-state index contributed by atoms with van der Waals surface area (Å²) in [6.07, 6.45) is 3.50. The molecule has 0 bridgehead atoms. The van der Waals surface area contributed by atoms with Crippen LogP contribution in [0.1, 0.15) is 32.3 Å². The van der Waals surface area contributed by atoms with Crippen LogP contribution in [0.25, 0.3) is 0 Å². The van der Waals surface area contributed by atoms with Gasteiger partial charge in [0.05, 0.1) is 6.20 Å². The summed E-state index contributed by atoms with van der Waals surface area (Å²) in [4.78, 5) is 0. The monoisotopic (exact) mass is 139 g/mol. The Morgan fingerprint density at radius 1 is 1.40 bits per heavy atom. The molecule has 0 spiro atoms. The smallest absolute Gasteiger partial charge is 0.127 e. The van der Waals surface area contributed by atoms with Gasteiger partial charge in [-0.1, -0.05) is 25.9 Å². The Labute approximate surface area is 61.2 Å². The lowest BCUT2D eigenvalue weighted by Gasteiger charge is -2.11. The molecule has 1 rings (SSSR count). The van der Waals surface area contributed by atoms with Crippen LogP contribution in [0.2, 0.25) is 0 Å². The average Bonchev–Trinajstić information content (AvgIpc) is 2.36. The van der Waals surface area contributed by atoms with Crippen LogP contribution in [0, 0.1) is 5.92 Å². The number of nitrogens with zero attached hydrogens (tertiary/aromatic N) is 1. The van der Waals surface area contributed by atoms with Crippen molar-refractivity contribution in [1.82, 2.24) is 5.16 Å². The SMILES string of the molecule is CC(C)[C@@H](C)c1cnoc1. The predicted octanol–water partition coefficient (Wildman–Crippen LogP) is 2.43. The van der Waals surface area contributed by atoms with Gasteiger partial charge in [-0.25, -0.2) is 0 Å². The molecule has 10 heavy (non-hydrogen) atoms. The van der Waals surface area contributed by atoms with Crippen LogP contribution in [-0.4, -0.2) is 5.16 Å². The van der Waals surface area contributed by atoms with Crippen molar-refractivity contribution in [3.63, 3.8) is 0 Å². The van der Waals surface area contributed by atoms with Crippen LogP contribution in [-0.2, 0) is 0 Å². The summed E-state index contributed by atoms with van der Waals surface area (Å²) >= 11 is 0. The van der Waals surface area contributed by atoms with Gasteiger partial charge in [0.1, 0.15) is 6.26 Å². The molecule has 0 aromatic carbocycles. The van der Waals surface area contributed by atoms with Crippen LogP contribution in [0.15, 0.2) is 17.0 Å². The largest absolute Gasteiger partial charge is 0.364 e. The summed E-state index contributed by atoms with van der Waals surface area (Å²) in [5, 5.41) is 3.65. The fourth-order valence-electron chi connectivity index (χ4n) is 0.823. The molecule has 1 aromatic heterocycles. The van der Waals surface area contributed by atoms with E-state index >= 15 is 0 Å². The van der Waals surface area contributed by atoms with E-state index in [1.165, 1.54) is 5.56 Å². The second-order valence-electron chi connectivity index (χ2n) is 2.99. The number of aromatic nitrogens is 1. The normalized spacial score (nSPS) is 14.0. The summed E-state index contributed by atoms with van der Waals surface area (Å²) in [5.74, 6) is 1.20. The van der Waals surface area contributed by atoms with E-state index in [9.17, 15) is 0 Å². The molecule has 0 saturated carbocycles. The van der Waals surface area contributed by atoms with Gasteiger partial charge in [-0.3, -0.25) is 0 Å². The Morgan fingerprint density at radius 2 is 2.10 bits per heavy atom. The van der Waals surface area contributed by atoms with Crippen molar-refractivity contribution < 1.29 is 4.52 Å². The lowest BCUT2D eigenvalue weighted by atomic mass is 9.93. The lowest BCUT2D eigenvalue weighted by Crippen LogP contribution is -1.99. The minimum Gasteiger partial charge on any atom is -0.364 e. The van der Waals surface area contributed by atoms with Gasteiger partial charge in [-0.2, -0.15) is 0 Å². The van der Waals surface area contributed by atoms with Gasteiger partial charge in [0, 0.05) is 5.56 Å². The first-order chi connectivity index (χ1) is 4.72. The molecule has 0 aliphatic carbocycles. The molecule has 0 N–H and O–H groups in total. The quantitative estimate of drug-likeness (QED) is 0.629. The third-order valence-electron chi connectivity index (χ3n) is 1.98. The number of hydrogen-bond donors (Lipinski definition) is 0. The van der Waals surface area contributed by atoms with Crippen molar-refractivity contribution in [3.8, 4) is 0 Å². The first-order valence-corrected chi connectivity index (χ1v) is 3.61. The van der Waals surface area contributed by atoms with Gasteiger partial charge in [0.25, 0.3) is 0 Å². The molecule has 0 saturated heterocycles. The van der Waals surface area contributed by atoms with Crippen molar-refractivity contribution in [2.45, 2.75) is 26.7 Å². The van der Waals surface area contributed by atoms with Gasteiger partial charge in [-0.05, 0) is 11.8 Å². The first kappa shape index (κ1) is 7.32. The third kappa shape index (κ3) is 1.38. The predicted molar refractivity (Wildman–Crippen MR) is 39.8 cm³/mol. The molecular formula is C8H13NO. The summed E-state index contributed by atoms with van der Waals surface area (Å²) in [6.45, 7) is 6.56. The van der Waals surface area contributed by atoms with E-state index in [0.717, 1.165) is 0 Å². The van der Waals surface area contributed by atoms with Crippen LogP contribution in [0.3, 0.4) is 0 Å². The zero-order chi connectivity index (χ0) is 7.56. The minimum atomic E-state index is 0.547. The Hall–Kier alpha value is -0.790. The molecule has 1 aromatic rings. The van der Waals surface area contributed by atoms with Crippen molar-refractivity contribution in [1.29, 1.82) is 0 Å². The van der Waals surface area contributed by atoms with Crippen LogP contribution >= 0.6 is 0 Å². The average molecular weight is 139 g/mol. The molecule has 0 unspecified atom stereocenters. The van der Waals surface area contributed by atoms with Gasteiger partial charge < -0.3 is 4.52 Å². The summed E-state index contributed by atoms with van der Waals surface area (Å²) in [6, 6.07) is 0. The van der Waals surface area contributed by atoms with Crippen molar-refractivity contribution in [2.24, 2.45) is 5.92 Å². The molecule has 2 nitrogen and oxygen atoms in total. The Bertz CT molecular complexity index is 179. The van der Waals surface area contributed by atoms with Gasteiger partial charge >= 0.3 is 0 Å². The highest BCUT2D eigenvalue weighted by atomic mass is 16.5. The zero-order valence-corrected chi connectivity index (χ0v) is 6.66. The van der Waals surface area contributed by atoms with Crippen molar-refractivity contribution in [3.05, 3.63) is 18.0 Å². The highest BCUT2D eigenvalue weighted by molar-refractivity contribution is 5.07. The first-order valence-electron chi connectivity index (χ1n) is 3.61. The Kier molecular flexibility index (Phi) is 2.10. The maximum absolute atomic E-state index is 4.74. The molecular weight excluding hydrogens is 126 g/mol. The standard InChI is InChI=1S/C8H13NO/c1-6(2)7(3)8-4-9-10-5-8/h4-7H,1-3H3/t7-/m1/s1. The molecule has 0 aliphatic heterocycles. The van der Waals surface area contributed by atoms with Crippen molar-refractivity contribution in [2.75, 3.05) is 0 Å². The topological polar surface area (TPSA) is 26.0 Å². The van der Waals surface area contributed by atoms with E-state index in [1.807, 2.05) is 0 Å². The van der Waals surface area contributed by atoms with E-state index in [1.54, 1.807) is 12.5 Å². The Morgan fingerprint density at radius 3 is 2.50 bits per heavy atom. The molecule has 0 fully saturated rings. The van der Waals surface area contributed by atoms with Crippen LogP contribution in [0.5, 0.6) is 0 Å². The molecule has 0 radical (unpaired) electrons. The lowest BCUT2D eigenvalue weighted by molar-refractivity contribution is 0.416. The van der Waals surface area contributed by atoms with E-state index in [2.05, 4.69) is 25.9 Å². The maximum Gasteiger partial charge on any atom is 0.127 e. The fourth-order valence-corrected chi connectivity index (χ4v) is 0.823. The van der Waals surface area contributed by atoms with Crippen LogP contribution in [0.4, 0.5) is 0 Å². The highest BCUT2D eigenvalue weighted by Gasteiger charge is 2.10. The molecule has 1 atom stereocenters. The minimum absolute atomic E-state index is 0.547. The molecule has 56 valence electrons. The second kappa shape index (κ2) is 2.86. The molecule has 0 aliphatic rings. The molecule has 2 heteroatoms. The molecule has 1 heterocycles. The second-order valence-corrected chi connectivity index (χ2v) is 2.99. The zero-order valence-electron chi connectivity index (χ0n) is 6.66.